The zero-order chi connectivity index (χ0) is 17.9. The monoisotopic (exact) mass is 362 g/mol. The Balaban J connectivity index is 1.47. The van der Waals surface area contributed by atoms with Gasteiger partial charge < -0.3 is 15.3 Å². The van der Waals surface area contributed by atoms with E-state index in [4.69, 9.17) is 16.7 Å². The lowest BCUT2D eigenvalue weighted by molar-refractivity contribution is -0.123. The Morgan fingerprint density at radius 1 is 1.36 bits per heavy atom. The van der Waals surface area contributed by atoms with Crippen molar-refractivity contribution in [1.29, 1.82) is 0 Å². The van der Waals surface area contributed by atoms with Gasteiger partial charge in [0, 0.05) is 31.4 Å². The molecule has 2 N–H and O–H groups in total. The van der Waals surface area contributed by atoms with Crippen LogP contribution < -0.4 is 5.32 Å². The van der Waals surface area contributed by atoms with E-state index in [1.54, 1.807) is 4.68 Å². The molecule has 1 aliphatic heterocycles. The van der Waals surface area contributed by atoms with Gasteiger partial charge in [0.15, 0.2) is 0 Å². The summed E-state index contributed by atoms with van der Waals surface area (Å²) in [6, 6.07) is 5.39. The number of benzene rings is 1. The lowest BCUT2D eigenvalue weighted by atomic mass is 10.1. The molecule has 0 bridgehead atoms. The number of hydrogen-bond donors (Lipinski definition) is 2. The van der Waals surface area contributed by atoms with Crippen LogP contribution in [0.3, 0.4) is 0 Å². The number of hydrogen-bond acceptors (Lipinski definition) is 3. The molecule has 8 heteroatoms. The van der Waals surface area contributed by atoms with E-state index < -0.39 is 6.09 Å². The molecule has 1 aromatic carbocycles. The van der Waals surface area contributed by atoms with Crippen LogP contribution >= 0.6 is 11.6 Å². The number of rotatable bonds is 3. The second-order valence-corrected chi connectivity index (χ2v) is 7.32. The number of para-hydroxylation sites is 1. The summed E-state index contributed by atoms with van der Waals surface area (Å²) in [7, 11) is 1.83. The standard InChI is InChI=1S/C17H19ClN4O3/c1-8(14-9-4-3-5-12(18)15(9)21(2)20-14)19-16(23)13-10-6-22(17(24)25)7-11(10)13/h3-5,8,10-11,13H,6-7H2,1-2H3,(H,19,23)(H,24,25). The van der Waals surface area contributed by atoms with Crippen molar-refractivity contribution in [2.24, 2.45) is 24.8 Å². The van der Waals surface area contributed by atoms with Crippen molar-refractivity contribution in [2.75, 3.05) is 13.1 Å². The number of carboxylic acid groups (broad SMARTS) is 1. The number of likely N-dealkylation sites (tertiary alicyclic amines) is 1. The van der Waals surface area contributed by atoms with Crippen molar-refractivity contribution in [1.82, 2.24) is 20.0 Å². The topological polar surface area (TPSA) is 87.5 Å². The number of fused-ring (bicyclic) bond motifs is 2. The fraction of sp³-hybridized carbons (Fsp3) is 0.471. The van der Waals surface area contributed by atoms with E-state index in [0.717, 1.165) is 16.6 Å². The van der Waals surface area contributed by atoms with Gasteiger partial charge in [-0.1, -0.05) is 23.7 Å². The van der Waals surface area contributed by atoms with Gasteiger partial charge in [-0.2, -0.15) is 5.10 Å². The van der Waals surface area contributed by atoms with Gasteiger partial charge in [0.2, 0.25) is 5.91 Å². The van der Waals surface area contributed by atoms with Crippen LogP contribution in [0.15, 0.2) is 18.2 Å². The predicted molar refractivity (Wildman–Crippen MR) is 92.3 cm³/mol. The maximum absolute atomic E-state index is 12.6. The van der Waals surface area contributed by atoms with Crippen LogP contribution in [0.1, 0.15) is 18.7 Å². The van der Waals surface area contributed by atoms with Gasteiger partial charge in [-0.05, 0) is 24.8 Å². The number of aryl methyl sites for hydroxylation is 1. The molecule has 0 spiro atoms. The molecule has 1 saturated heterocycles. The van der Waals surface area contributed by atoms with Gasteiger partial charge in [0.1, 0.15) is 0 Å². The van der Waals surface area contributed by atoms with Crippen molar-refractivity contribution in [3.63, 3.8) is 0 Å². The van der Waals surface area contributed by atoms with Gasteiger partial charge in [-0.15, -0.1) is 0 Å². The van der Waals surface area contributed by atoms with Crippen LogP contribution in [0.2, 0.25) is 5.02 Å². The van der Waals surface area contributed by atoms with E-state index in [1.807, 2.05) is 32.2 Å². The highest BCUT2D eigenvalue weighted by molar-refractivity contribution is 6.35. The minimum absolute atomic E-state index is 0.0200. The van der Waals surface area contributed by atoms with E-state index in [0.29, 0.717) is 18.1 Å². The van der Waals surface area contributed by atoms with E-state index in [9.17, 15) is 9.59 Å². The first-order valence-corrected chi connectivity index (χ1v) is 8.65. The quantitative estimate of drug-likeness (QED) is 0.876. The SMILES string of the molecule is CC(NC(=O)C1C2CN(C(=O)O)CC21)c1nn(C)c2c(Cl)cccc12. The van der Waals surface area contributed by atoms with Gasteiger partial charge in [0.05, 0.1) is 22.3 Å². The lowest BCUT2D eigenvalue weighted by Gasteiger charge is -2.17. The van der Waals surface area contributed by atoms with Crippen LogP contribution in [0.4, 0.5) is 4.79 Å². The zero-order valence-corrected chi connectivity index (χ0v) is 14.7. The van der Waals surface area contributed by atoms with Crippen LogP contribution in [0, 0.1) is 17.8 Å². The Morgan fingerprint density at radius 3 is 2.68 bits per heavy atom. The minimum Gasteiger partial charge on any atom is -0.465 e. The predicted octanol–water partition coefficient (Wildman–Crippen LogP) is 2.26. The van der Waals surface area contributed by atoms with Crippen molar-refractivity contribution < 1.29 is 14.7 Å². The summed E-state index contributed by atoms with van der Waals surface area (Å²) in [5.74, 6) is 0.196. The second-order valence-electron chi connectivity index (χ2n) is 6.92. The first-order valence-electron chi connectivity index (χ1n) is 8.28. The Kier molecular flexibility index (Phi) is 3.64. The van der Waals surface area contributed by atoms with E-state index >= 15 is 0 Å². The Labute approximate surface area is 149 Å². The molecule has 1 aliphatic carbocycles. The smallest absolute Gasteiger partial charge is 0.407 e. The Morgan fingerprint density at radius 2 is 2.04 bits per heavy atom. The highest BCUT2D eigenvalue weighted by Crippen LogP contribution is 2.52. The molecular formula is C17H19ClN4O3. The molecule has 2 heterocycles. The van der Waals surface area contributed by atoms with Crippen molar-refractivity contribution >= 4 is 34.5 Å². The Bertz CT molecular complexity index is 868. The summed E-state index contributed by atoms with van der Waals surface area (Å²) in [5.41, 5.74) is 1.63. The molecule has 4 rings (SSSR count). The average molecular weight is 363 g/mol. The van der Waals surface area contributed by atoms with Gasteiger partial charge in [-0.3, -0.25) is 9.48 Å². The number of carbonyl (C=O) groups is 2. The first kappa shape index (κ1) is 16.2. The number of nitrogens with one attached hydrogen (secondary N) is 1. The van der Waals surface area contributed by atoms with Gasteiger partial charge >= 0.3 is 6.09 Å². The summed E-state index contributed by atoms with van der Waals surface area (Å²) in [6.07, 6.45) is -0.906. The summed E-state index contributed by atoms with van der Waals surface area (Å²) in [4.78, 5) is 24.9. The molecule has 2 aliphatic rings. The number of halogens is 1. The molecule has 2 fully saturated rings. The van der Waals surface area contributed by atoms with Gasteiger partial charge in [0.25, 0.3) is 0 Å². The third-order valence-electron chi connectivity index (χ3n) is 5.38. The van der Waals surface area contributed by atoms with Crippen LogP contribution in [0.25, 0.3) is 10.9 Å². The molecule has 2 amide bonds. The van der Waals surface area contributed by atoms with Gasteiger partial charge in [-0.25, -0.2) is 4.79 Å². The molecule has 7 nitrogen and oxygen atoms in total. The number of nitrogens with zero attached hydrogens (tertiary/aromatic N) is 3. The van der Waals surface area contributed by atoms with E-state index in [-0.39, 0.29) is 29.7 Å². The maximum Gasteiger partial charge on any atom is 0.407 e. The zero-order valence-electron chi connectivity index (χ0n) is 13.9. The number of aromatic nitrogens is 2. The van der Waals surface area contributed by atoms with Crippen LogP contribution in [-0.2, 0) is 11.8 Å². The third kappa shape index (κ3) is 2.54. The molecule has 0 radical (unpaired) electrons. The molecule has 3 atom stereocenters. The summed E-state index contributed by atoms with van der Waals surface area (Å²) in [5, 5.41) is 18.1. The number of carbonyl (C=O) groups excluding carboxylic acids is 1. The highest BCUT2D eigenvalue weighted by Gasteiger charge is 2.60. The molecule has 3 unspecified atom stereocenters. The van der Waals surface area contributed by atoms with E-state index in [2.05, 4.69) is 10.4 Å². The van der Waals surface area contributed by atoms with Crippen molar-refractivity contribution in [2.45, 2.75) is 13.0 Å². The molecular weight excluding hydrogens is 344 g/mol. The molecule has 25 heavy (non-hydrogen) atoms. The summed E-state index contributed by atoms with van der Waals surface area (Å²) >= 11 is 6.25. The van der Waals surface area contributed by atoms with Crippen molar-refractivity contribution in [3.05, 3.63) is 28.9 Å². The average Bonchev–Trinajstić information content (AvgIpc) is 2.90. The Hall–Kier alpha value is -2.28. The van der Waals surface area contributed by atoms with Crippen LogP contribution in [-0.4, -0.2) is 44.9 Å². The first-order chi connectivity index (χ1) is 11.9. The second kappa shape index (κ2) is 5.62. The summed E-state index contributed by atoms with van der Waals surface area (Å²) < 4.78 is 1.73. The molecule has 1 aromatic heterocycles. The molecule has 2 aromatic rings. The van der Waals surface area contributed by atoms with Crippen molar-refractivity contribution in [3.8, 4) is 0 Å². The number of amides is 2. The highest BCUT2D eigenvalue weighted by atomic mass is 35.5. The summed E-state index contributed by atoms with van der Waals surface area (Å²) in [6.45, 7) is 2.81. The normalized spacial score (nSPS) is 25.7. The fourth-order valence-electron chi connectivity index (χ4n) is 4.09. The molecule has 1 saturated carbocycles. The molecule has 132 valence electrons. The third-order valence-corrected chi connectivity index (χ3v) is 5.69. The van der Waals surface area contributed by atoms with E-state index in [1.165, 1.54) is 4.90 Å². The fourth-order valence-corrected chi connectivity index (χ4v) is 4.38. The largest absolute Gasteiger partial charge is 0.465 e. The maximum atomic E-state index is 12.6. The minimum atomic E-state index is -0.906. The number of piperidine rings is 1. The lowest BCUT2D eigenvalue weighted by Crippen LogP contribution is -2.35. The van der Waals surface area contributed by atoms with Crippen LogP contribution in [0.5, 0.6) is 0 Å².